The number of methoxy groups -OCH3 is 1. The van der Waals surface area contributed by atoms with Crippen LogP contribution in [0.4, 0.5) is 4.39 Å². The lowest BCUT2D eigenvalue weighted by atomic mass is 9.96. The zero-order valence-corrected chi connectivity index (χ0v) is 7.69. The second-order valence-corrected chi connectivity index (χ2v) is 3.43. The molecule has 1 aliphatic carbocycles. The molecule has 0 N–H and O–H groups in total. The molecule has 0 amide bonds. The minimum absolute atomic E-state index is 0.190. The van der Waals surface area contributed by atoms with E-state index in [0.29, 0.717) is 6.42 Å². The van der Waals surface area contributed by atoms with Gasteiger partial charge in [-0.2, -0.15) is 0 Å². The second kappa shape index (κ2) is 3.91. The molecule has 2 atom stereocenters. The molecule has 0 aromatic carbocycles. The molecule has 0 aromatic rings. The topological polar surface area (TPSA) is 9.23 Å². The Labute approximate surface area is 73.3 Å². The van der Waals surface area contributed by atoms with Gasteiger partial charge in [-0.3, -0.25) is 0 Å². The van der Waals surface area contributed by atoms with Crippen LogP contribution >= 0.6 is 0 Å². The molecule has 1 aliphatic rings. The minimum atomic E-state index is -1.31. The first-order valence-electron chi connectivity index (χ1n) is 4.36. The summed E-state index contributed by atoms with van der Waals surface area (Å²) in [5, 5.41) is 0. The highest BCUT2D eigenvalue weighted by molar-refractivity contribution is 5.13. The van der Waals surface area contributed by atoms with Crippen LogP contribution in [0.15, 0.2) is 0 Å². The van der Waals surface area contributed by atoms with Crippen LogP contribution < -0.4 is 0 Å². The molecule has 2 unspecified atom stereocenters. The predicted molar refractivity (Wildman–Crippen MR) is 46.6 cm³/mol. The molecule has 0 aliphatic heterocycles. The number of hydrogen-bond acceptors (Lipinski definition) is 1. The van der Waals surface area contributed by atoms with Crippen molar-refractivity contribution in [1.82, 2.24) is 0 Å². The molecule has 0 heterocycles. The van der Waals surface area contributed by atoms with E-state index in [1.807, 2.05) is 0 Å². The number of rotatable bonds is 1. The quantitative estimate of drug-likeness (QED) is 0.549. The summed E-state index contributed by atoms with van der Waals surface area (Å²) >= 11 is 0. The maximum absolute atomic E-state index is 13.4. The Bertz CT molecular complexity index is 200. The Kier molecular flexibility index (Phi) is 3.11. The lowest BCUT2D eigenvalue weighted by Crippen LogP contribution is -2.21. The third kappa shape index (κ3) is 2.83. The van der Waals surface area contributed by atoms with Gasteiger partial charge in [-0.15, -0.1) is 0 Å². The van der Waals surface area contributed by atoms with Gasteiger partial charge in [-0.1, -0.05) is 11.8 Å². The zero-order valence-electron chi connectivity index (χ0n) is 7.69. The molecule has 12 heavy (non-hydrogen) atoms. The van der Waals surface area contributed by atoms with Crippen LogP contribution in [0.3, 0.4) is 0 Å². The summed E-state index contributed by atoms with van der Waals surface area (Å²) < 4.78 is 18.6. The summed E-state index contributed by atoms with van der Waals surface area (Å²) in [6.07, 6.45) is 3.13. The fourth-order valence-electron chi connectivity index (χ4n) is 1.35. The first-order valence-corrected chi connectivity index (χ1v) is 4.36. The molecule has 0 bridgehead atoms. The van der Waals surface area contributed by atoms with Crippen LogP contribution in [0.1, 0.15) is 32.6 Å². The molecule has 0 radical (unpaired) electrons. The second-order valence-electron chi connectivity index (χ2n) is 3.43. The van der Waals surface area contributed by atoms with Crippen LogP contribution in [-0.2, 0) is 4.74 Å². The average molecular weight is 170 g/mol. The molecule has 0 fully saturated rings. The summed E-state index contributed by atoms with van der Waals surface area (Å²) in [4.78, 5) is 0. The van der Waals surface area contributed by atoms with E-state index in [9.17, 15) is 4.39 Å². The van der Waals surface area contributed by atoms with E-state index in [1.54, 1.807) is 7.11 Å². The van der Waals surface area contributed by atoms with Crippen LogP contribution in [0.5, 0.6) is 0 Å². The maximum Gasteiger partial charge on any atom is 0.168 e. The van der Waals surface area contributed by atoms with Gasteiger partial charge >= 0.3 is 0 Å². The third-order valence-corrected chi connectivity index (χ3v) is 2.21. The van der Waals surface area contributed by atoms with Crippen molar-refractivity contribution < 1.29 is 9.13 Å². The minimum Gasteiger partial charge on any atom is -0.381 e. The van der Waals surface area contributed by atoms with Gasteiger partial charge in [0.05, 0.1) is 6.10 Å². The molecule has 0 saturated carbocycles. The fourth-order valence-corrected chi connectivity index (χ4v) is 1.35. The van der Waals surface area contributed by atoms with Gasteiger partial charge in [0.2, 0.25) is 0 Å². The van der Waals surface area contributed by atoms with Gasteiger partial charge in [0.25, 0.3) is 0 Å². The molecule has 1 nitrogen and oxygen atoms in total. The van der Waals surface area contributed by atoms with E-state index in [4.69, 9.17) is 4.74 Å². The van der Waals surface area contributed by atoms with E-state index >= 15 is 0 Å². The maximum atomic E-state index is 13.4. The normalized spacial score (nSPS) is 36.1. The Morgan fingerprint density at radius 1 is 1.50 bits per heavy atom. The summed E-state index contributed by atoms with van der Waals surface area (Å²) in [7, 11) is 1.68. The summed E-state index contributed by atoms with van der Waals surface area (Å²) in [6.45, 7) is 1.54. The van der Waals surface area contributed by atoms with E-state index in [-0.39, 0.29) is 6.10 Å². The Morgan fingerprint density at radius 2 is 2.25 bits per heavy atom. The standard InChI is InChI=1S/C10H15FO/c1-10(11)7-4-3-5-9(12-2)6-8-10/h9H,3,5-6,8H2,1-2H3. The largest absolute Gasteiger partial charge is 0.381 e. The monoisotopic (exact) mass is 170 g/mol. The van der Waals surface area contributed by atoms with Crippen molar-refractivity contribution in [3.05, 3.63) is 0 Å². The van der Waals surface area contributed by atoms with Crippen molar-refractivity contribution in [2.24, 2.45) is 0 Å². The number of halogens is 1. The van der Waals surface area contributed by atoms with Gasteiger partial charge in [0.15, 0.2) is 5.67 Å². The zero-order chi connectivity index (χ0) is 9.03. The van der Waals surface area contributed by atoms with Gasteiger partial charge in [0.1, 0.15) is 0 Å². The SMILES string of the molecule is COC1CCC#CC(C)(F)CC1. The smallest absolute Gasteiger partial charge is 0.168 e. The molecule has 0 saturated heterocycles. The number of alkyl halides is 1. The van der Waals surface area contributed by atoms with Gasteiger partial charge in [-0.25, -0.2) is 4.39 Å². The lowest BCUT2D eigenvalue weighted by molar-refractivity contribution is 0.0739. The Hall–Kier alpha value is -0.550. The average Bonchev–Trinajstić information content (AvgIpc) is 2.00. The molecule has 2 heteroatoms. The van der Waals surface area contributed by atoms with Gasteiger partial charge < -0.3 is 4.74 Å². The van der Waals surface area contributed by atoms with Crippen LogP contribution in [0.25, 0.3) is 0 Å². The van der Waals surface area contributed by atoms with Gasteiger partial charge in [-0.05, 0) is 26.2 Å². The van der Waals surface area contributed by atoms with Crippen molar-refractivity contribution in [2.45, 2.75) is 44.4 Å². The van der Waals surface area contributed by atoms with Gasteiger partial charge in [0, 0.05) is 13.5 Å². The van der Waals surface area contributed by atoms with Crippen LogP contribution in [-0.4, -0.2) is 18.9 Å². The lowest BCUT2D eigenvalue weighted by Gasteiger charge is -2.20. The summed E-state index contributed by atoms with van der Waals surface area (Å²) in [5.41, 5.74) is -1.31. The van der Waals surface area contributed by atoms with E-state index < -0.39 is 5.67 Å². The van der Waals surface area contributed by atoms with Crippen LogP contribution in [0.2, 0.25) is 0 Å². The summed E-state index contributed by atoms with van der Waals surface area (Å²) in [6, 6.07) is 0. The highest BCUT2D eigenvalue weighted by atomic mass is 19.1. The van der Waals surface area contributed by atoms with E-state index in [0.717, 1.165) is 19.3 Å². The number of hydrogen-bond donors (Lipinski definition) is 0. The van der Waals surface area contributed by atoms with Crippen LogP contribution in [0, 0.1) is 11.8 Å². The van der Waals surface area contributed by atoms with E-state index in [1.165, 1.54) is 6.92 Å². The van der Waals surface area contributed by atoms with Crippen molar-refractivity contribution >= 4 is 0 Å². The highest BCUT2D eigenvalue weighted by Gasteiger charge is 2.23. The van der Waals surface area contributed by atoms with Crippen molar-refractivity contribution in [3.63, 3.8) is 0 Å². The molecular formula is C10H15FO. The molecule has 0 spiro atoms. The highest BCUT2D eigenvalue weighted by Crippen LogP contribution is 2.22. The first kappa shape index (κ1) is 9.54. The number of ether oxygens (including phenoxy) is 1. The summed E-state index contributed by atoms with van der Waals surface area (Å²) in [5.74, 6) is 5.47. The van der Waals surface area contributed by atoms with Crippen molar-refractivity contribution in [1.29, 1.82) is 0 Å². The van der Waals surface area contributed by atoms with Crippen molar-refractivity contribution in [3.8, 4) is 11.8 Å². The molecule has 68 valence electrons. The van der Waals surface area contributed by atoms with E-state index in [2.05, 4.69) is 11.8 Å². The molecule has 0 aromatic heterocycles. The first-order chi connectivity index (χ1) is 5.64. The molecule has 1 rings (SSSR count). The Balaban J connectivity index is 2.56. The Morgan fingerprint density at radius 3 is 2.92 bits per heavy atom. The third-order valence-electron chi connectivity index (χ3n) is 2.21. The van der Waals surface area contributed by atoms with Crippen molar-refractivity contribution in [2.75, 3.05) is 7.11 Å². The fraction of sp³-hybridized carbons (Fsp3) is 0.800. The predicted octanol–water partition coefficient (Wildman–Crippen LogP) is 2.31. The molecular weight excluding hydrogens is 155 g/mol.